The first-order valence-corrected chi connectivity index (χ1v) is 9.61. The van der Waals surface area contributed by atoms with Gasteiger partial charge in [0.25, 0.3) is 11.6 Å². The summed E-state index contributed by atoms with van der Waals surface area (Å²) in [5, 5.41) is 14.0. The van der Waals surface area contributed by atoms with E-state index in [1.807, 2.05) is 36.4 Å². The monoisotopic (exact) mass is 393 g/mol. The second kappa shape index (κ2) is 6.97. The van der Waals surface area contributed by atoms with Crippen LogP contribution in [-0.4, -0.2) is 57.8 Å². The fourth-order valence-electron chi connectivity index (χ4n) is 3.67. The van der Waals surface area contributed by atoms with Crippen molar-refractivity contribution in [1.82, 2.24) is 15.0 Å². The maximum absolute atomic E-state index is 13.4. The summed E-state index contributed by atoms with van der Waals surface area (Å²) in [7, 11) is 0. The quantitative estimate of drug-likeness (QED) is 0.726. The van der Waals surface area contributed by atoms with Crippen LogP contribution in [0.25, 0.3) is 22.4 Å². The average Bonchev–Trinajstić information content (AvgIpc) is 3.52. The third-order valence-electron chi connectivity index (χ3n) is 5.37. The predicted molar refractivity (Wildman–Crippen MR) is 102 cm³/mol. The van der Waals surface area contributed by atoms with Gasteiger partial charge in [0.15, 0.2) is 6.10 Å². The minimum atomic E-state index is -1.07. The molecule has 3 aromatic rings. The molecule has 1 atom stereocenters. The molecule has 3 heterocycles. The highest BCUT2D eigenvalue weighted by Gasteiger charge is 2.33. The number of ether oxygens (including phenoxy) is 1. The molecule has 1 amide bonds. The third-order valence-corrected chi connectivity index (χ3v) is 5.37. The van der Waals surface area contributed by atoms with Crippen LogP contribution >= 0.6 is 0 Å². The number of aromatic nitrogens is 2. The number of carbonyl (C=O) groups is 2. The lowest BCUT2D eigenvalue weighted by Gasteiger charge is -2.31. The molecule has 8 nitrogen and oxygen atoms in total. The molecule has 2 aromatic heterocycles. The van der Waals surface area contributed by atoms with Gasteiger partial charge in [0, 0.05) is 23.7 Å². The number of nitrogens with zero attached hydrogens (tertiary/aromatic N) is 3. The number of fused-ring (bicyclic) bond motifs is 1. The Morgan fingerprint density at radius 3 is 2.69 bits per heavy atom. The summed E-state index contributed by atoms with van der Waals surface area (Å²) >= 11 is 0. The summed E-state index contributed by atoms with van der Waals surface area (Å²) < 4.78 is 10.8. The zero-order chi connectivity index (χ0) is 20.0. The van der Waals surface area contributed by atoms with Crippen LogP contribution < -0.4 is 0 Å². The Bertz CT molecular complexity index is 1090. The van der Waals surface area contributed by atoms with Gasteiger partial charge in [-0.05, 0) is 18.9 Å². The van der Waals surface area contributed by atoms with Crippen molar-refractivity contribution in [2.45, 2.75) is 24.9 Å². The van der Waals surface area contributed by atoms with Crippen LogP contribution in [0, 0.1) is 0 Å². The van der Waals surface area contributed by atoms with Crippen LogP contribution in [0.1, 0.15) is 34.8 Å². The molecule has 1 aliphatic heterocycles. The van der Waals surface area contributed by atoms with Gasteiger partial charge in [-0.25, -0.2) is 9.78 Å². The maximum atomic E-state index is 13.4. The van der Waals surface area contributed by atoms with Gasteiger partial charge in [-0.3, -0.25) is 4.79 Å². The fourth-order valence-corrected chi connectivity index (χ4v) is 3.67. The number of amides is 1. The van der Waals surface area contributed by atoms with Crippen LogP contribution in [-0.2, 0) is 9.53 Å². The minimum absolute atomic E-state index is 0.00267. The lowest BCUT2D eigenvalue weighted by atomic mass is 10.0. The van der Waals surface area contributed by atoms with Crippen molar-refractivity contribution in [3.8, 4) is 11.3 Å². The molecule has 1 aromatic carbocycles. The number of morpholine rings is 1. The van der Waals surface area contributed by atoms with Crippen LogP contribution in [0.2, 0.25) is 0 Å². The molecule has 1 unspecified atom stereocenters. The molecule has 148 valence electrons. The molecule has 8 heteroatoms. The van der Waals surface area contributed by atoms with Crippen molar-refractivity contribution < 1.29 is 24.0 Å². The number of carbonyl (C=O) groups excluding carboxylic acids is 1. The van der Waals surface area contributed by atoms with E-state index in [-0.39, 0.29) is 19.1 Å². The molecule has 0 bridgehead atoms. The lowest BCUT2D eigenvalue weighted by Crippen LogP contribution is -2.48. The number of hydrogen-bond acceptors (Lipinski definition) is 6. The van der Waals surface area contributed by atoms with E-state index >= 15 is 0 Å². The van der Waals surface area contributed by atoms with Crippen LogP contribution in [0.4, 0.5) is 0 Å². The van der Waals surface area contributed by atoms with E-state index in [0.717, 1.165) is 24.1 Å². The summed E-state index contributed by atoms with van der Waals surface area (Å²) in [4.78, 5) is 30.9. The number of carboxylic acid groups (broad SMARTS) is 1. The SMILES string of the molecule is O=C(O)C1CN(C(=O)c2cc(C3CC3)nc3onc(-c4ccccc4)c23)CCO1. The normalized spacial score (nSPS) is 19.4. The van der Waals surface area contributed by atoms with Crippen molar-refractivity contribution in [2.24, 2.45) is 0 Å². The second-order valence-electron chi connectivity index (χ2n) is 7.40. The Hall–Kier alpha value is -3.26. The molecule has 2 fully saturated rings. The van der Waals surface area contributed by atoms with E-state index in [4.69, 9.17) is 9.26 Å². The Morgan fingerprint density at radius 2 is 1.97 bits per heavy atom. The largest absolute Gasteiger partial charge is 0.479 e. The highest BCUT2D eigenvalue weighted by molar-refractivity contribution is 6.09. The van der Waals surface area contributed by atoms with Crippen LogP contribution in [0.5, 0.6) is 0 Å². The molecule has 29 heavy (non-hydrogen) atoms. The highest BCUT2D eigenvalue weighted by atomic mass is 16.5. The highest BCUT2D eigenvalue weighted by Crippen LogP contribution is 2.41. The minimum Gasteiger partial charge on any atom is -0.479 e. The molecule has 1 aliphatic carbocycles. The van der Waals surface area contributed by atoms with Gasteiger partial charge < -0.3 is 19.3 Å². The van der Waals surface area contributed by atoms with Crippen molar-refractivity contribution in [1.29, 1.82) is 0 Å². The van der Waals surface area contributed by atoms with Gasteiger partial charge in [0.1, 0.15) is 5.69 Å². The van der Waals surface area contributed by atoms with E-state index in [9.17, 15) is 14.7 Å². The molecule has 2 aliphatic rings. The second-order valence-corrected chi connectivity index (χ2v) is 7.40. The maximum Gasteiger partial charge on any atom is 0.334 e. The molecule has 5 rings (SSSR count). The van der Waals surface area contributed by atoms with Crippen molar-refractivity contribution >= 4 is 23.0 Å². The Morgan fingerprint density at radius 1 is 1.17 bits per heavy atom. The van der Waals surface area contributed by atoms with E-state index in [2.05, 4.69) is 10.1 Å². The molecule has 0 spiro atoms. The van der Waals surface area contributed by atoms with Crippen molar-refractivity contribution in [3.63, 3.8) is 0 Å². The van der Waals surface area contributed by atoms with Crippen LogP contribution in [0.15, 0.2) is 40.9 Å². The first kappa shape index (κ1) is 17.8. The number of benzene rings is 1. The number of aliphatic carboxylic acids is 1. The summed E-state index contributed by atoms with van der Waals surface area (Å²) in [5.74, 6) is -1.00. The van der Waals surface area contributed by atoms with Gasteiger partial charge in [-0.1, -0.05) is 35.5 Å². The Labute approximate surface area is 166 Å². The van der Waals surface area contributed by atoms with E-state index in [1.54, 1.807) is 0 Å². The molecule has 1 saturated carbocycles. The smallest absolute Gasteiger partial charge is 0.334 e. The summed E-state index contributed by atoms with van der Waals surface area (Å²) in [6.45, 7) is 0.515. The predicted octanol–water partition coefficient (Wildman–Crippen LogP) is 2.69. The van der Waals surface area contributed by atoms with Gasteiger partial charge in [-0.15, -0.1) is 0 Å². The first-order chi connectivity index (χ1) is 14.1. The molecule has 1 saturated heterocycles. The lowest BCUT2D eigenvalue weighted by molar-refractivity contribution is -0.154. The third kappa shape index (κ3) is 3.25. The number of pyridine rings is 1. The zero-order valence-electron chi connectivity index (χ0n) is 15.6. The average molecular weight is 393 g/mol. The van der Waals surface area contributed by atoms with Crippen molar-refractivity contribution in [2.75, 3.05) is 19.7 Å². The first-order valence-electron chi connectivity index (χ1n) is 9.61. The molecule has 1 N–H and O–H groups in total. The van der Waals surface area contributed by atoms with E-state index in [1.165, 1.54) is 4.90 Å². The van der Waals surface area contributed by atoms with E-state index in [0.29, 0.717) is 34.8 Å². The van der Waals surface area contributed by atoms with Gasteiger partial charge in [-0.2, -0.15) is 0 Å². The Balaban J connectivity index is 1.62. The topological polar surface area (TPSA) is 106 Å². The standard InChI is InChI=1S/C21H19N3O5/c25-20(24-8-9-28-16(11-24)21(26)27)14-10-15(12-6-7-12)22-19-17(14)18(23-29-19)13-4-2-1-3-5-13/h1-5,10,12,16H,6-9,11H2,(H,26,27). The number of carboxylic acids is 1. The van der Waals surface area contributed by atoms with E-state index < -0.39 is 12.1 Å². The molecular formula is C21H19N3O5. The van der Waals surface area contributed by atoms with Crippen LogP contribution in [0.3, 0.4) is 0 Å². The molecular weight excluding hydrogens is 374 g/mol. The van der Waals surface area contributed by atoms with Gasteiger partial charge in [0.05, 0.1) is 24.1 Å². The zero-order valence-corrected chi connectivity index (χ0v) is 15.6. The Kier molecular flexibility index (Phi) is 4.28. The fraction of sp³-hybridized carbons (Fsp3) is 0.333. The summed E-state index contributed by atoms with van der Waals surface area (Å²) in [6, 6.07) is 11.3. The molecule has 0 radical (unpaired) electrons. The number of rotatable bonds is 4. The van der Waals surface area contributed by atoms with Gasteiger partial charge in [0.2, 0.25) is 0 Å². The van der Waals surface area contributed by atoms with Crippen molar-refractivity contribution in [3.05, 3.63) is 47.7 Å². The van der Waals surface area contributed by atoms with Gasteiger partial charge >= 0.3 is 5.97 Å². The summed E-state index contributed by atoms with van der Waals surface area (Å²) in [5.41, 5.74) is 2.98. The number of hydrogen-bond donors (Lipinski definition) is 1. The summed E-state index contributed by atoms with van der Waals surface area (Å²) in [6.07, 6.45) is 1.04.